The van der Waals surface area contributed by atoms with Crippen molar-refractivity contribution in [2.45, 2.75) is 58.2 Å². The maximum Gasteiger partial charge on any atom is 0.308 e. The Morgan fingerprint density at radius 3 is 2.42 bits per heavy atom. The second-order valence-corrected chi connectivity index (χ2v) is 10.4. The Morgan fingerprint density at radius 1 is 1.27 bits per heavy atom. The van der Waals surface area contributed by atoms with Crippen LogP contribution in [0.1, 0.15) is 53.4 Å². The molecule has 1 aromatic rings. The summed E-state index contributed by atoms with van der Waals surface area (Å²) in [5.41, 5.74) is -0.715. The number of carbonyl (C=O) groups excluding carboxylic acids is 3. The van der Waals surface area contributed by atoms with Crippen LogP contribution >= 0.6 is 50.7 Å². The van der Waals surface area contributed by atoms with E-state index in [1.165, 1.54) is 12.1 Å². The molecule has 2 rings (SSSR count). The summed E-state index contributed by atoms with van der Waals surface area (Å²) in [5, 5.41) is 8.61. The van der Waals surface area contributed by atoms with Crippen molar-refractivity contribution in [2.24, 2.45) is 16.4 Å². The molecular weight excluding hydrogens is 557 g/mol. The van der Waals surface area contributed by atoms with Gasteiger partial charge in [-0.25, -0.2) is 0 Å². The van der Waals surface area contributed by atoms with Crippen LogP contribution in [0.25, 0.3) is 0 Å². The molecule has 33 heavy (non-hydrogen) atoms. The van der Waals surface area contributed by atoms with Crippen molar-refractivity contribution < 1.29 is 19.1 Å². The summed E-state index contributed by atoms with van der Waals surface area (Å²) in [6.07, 6.45) is 2.47. The maximum absolute atomic E-state index is 13.2. The molecule has 0 spiro atoms. The number of anilines is 1. The highest BCUT2D eigenvalue weighted by atomic mass is 79.9. The minimum absolute atomic E-state index is 0.102. The van der Waals surface area contributed by atoms with Crippen LogP contribution in [0.4, 0.5) is 5.69 Å². The van der Waals surface area contributed by atoms with Gasteiger partial charge in [-0.3, -0.25) is 14.4 Å². The van der Waals surface area contributed by atoms with Crippen molar-refractivity contribution in [2.75, 3.05) is 11.6 Å². The van der Waals surface area contributed by atoms with Gasteiger partial charge in [0.05, 0.1) is 22.6 Å². The first-order valence-corrected chi connectivity index (χ1v) is 12.7. The van der Waals surface area contributed by atoms with E-state index >= 15 is 0 Å². The number of unbranched alkanes of at least 4 members (excludes halogenated alkanes) is 1. The molecule has 0 aromatic heterocycles. The fraction of sp³-hybridized carbons (Fsp3) is 0.545. The van der Waals surface area contributed by atoms with Crippen molar-refractivity contribution >= 4 is 80.0 Å². The Bertz CT molecular complexity index is 936. The van der Waals surface area contributed by atoms with Gasteiger partial charge in [0, 0.05) is 10.4 Å². The molecule has 1 heterocycles. The van der Waals surface area contributed by atoms with Gasteiger partial charge < -0.3 is 10.1 Å². The molecule has 0 saturated carbocycles. The normalized spacial score (nSPS) is 18.5. The highest BCUT2D eigenvalue weighted by Crippen LogP contribution is 2.39. The summed E-state index contributed by atoms with van der Waals surface area (Å²) >= 11 is 21.7. The third-order valence-electron chi connectivity index (χ3n) is 5.54. The van der Waals surface area contributed by atoms with E-state index in [-0.39, 0.29) is 39.9 Å². The number of hydrogen-bond donors (Lipinski definition) is 1. The van der Waals surface area contributed by atoms with Gasteiger partial charge in [-0.1, -0.05) is 84.8 Å². The van der Waals surface area contributed by atoms with Crippen molar-refractivity contribution in [1.29, 1.82) is 0 Å². The lowest BCUT2D eigenvalue weighted by Crippen LogP contribution is -2.45. The Hall–Kier alpha value is -1.35. The molecule has 3 atom stereocenters. The minimum atomic E-state index is -0.901. The van der Waals surface area contributed by atoms with E-state index in [0.29, 0.717) is 18.1 Å². The third-order valence-corrected chi connectivity index (χ3v) is 7.16. The van der Waals surface area contributed by atoms with E-state index in [0.717, 1.165) is 17.9 Å². The van der Waals surface area contributed by atoms with E-state index in [2.05, 4.69) is 26.3 Å². The maximum atomic E-state index is 13.2. The van der Waals surface area contributed by atoms with Crippen LogP contribution in [0, 0.1) is 11.3 Å². The van der Waals surface area contributed by atoms with Crippen LogP contribution in [-0.2, 0) is 19.1 Å². The van der Waals surface area contributed by atoms with Crippen molar-refractivity contribution in [3.05, 3.63) is 27.2 Å². The van der Waals surface area contributed by atoms with Crippen LogP contribution in [0.15, 0.2) is 17.2 Å². The quantitative estimate of drug-likeness (QED) is 0.220. The van der Waals surface area contributed by atoms with Gasteiger partial charge in [0.25, 0.3) is 5.91 Å². The van der Waals surface area contributed by atoms with Crippen LogP contribution in [-0.4, -0.2) is 35.1 Å². The molecule has 1 N–H and O–H groups in total. The molecule has 2 amide bonds. The molecular formula is C22H27BrCl3N3O4. The summed E-state index contributed by atoms with van der Waals surface area (Å²) < 4.78 is 5.29. The van der Waals surface area contributed by atoms with Gasteiger partial charge in [-0.05, 0) is 31.4 Å². The van der Waals surface area contributed by atoms with Gasteiger partial charge in [0.15, 0.2) is 10.7 Å². The molecule has 0 aliphatic carbocycles. The molecule has 3 unspecified atom stereocenters. The molecule has 1 aliphatic rings. The second kappa shape index (κ2) is 11.9. The zero-order chi connectivity index (χ0) is 24.9. The summed E-state index contributed by atoms with van der Waals surface area (Å²) in [7, 11) is 0. The van der Waals surface area contributed by atoms with E-state index in [9.17, 15) is 14.4 Å². The predicted molar refractivity (Wildman–Crippen MR) is 135 cm³/mol. The molecule has 1 aliphatic heterocycles. The Labute approximate surface area is 217 Å². The lowest BCUT2D eigenvalue weighted by atomic mass is 9.78. The number of carbonyl (C=O) groups is 3. The SMILES string of the molecule is CCCCOC(=O)C(C)CC(C)(CC)C(=O)NC1=NN(c2c(Cl)cc(Cl)cc2Cl)C(=O)C1Br. The number of ether oxygens (including phenoxy) is 1. The standard InChI is InChI=1S/C22H27BrCl3N3O4/c1-5-7-8-33-20(31)12(3)11-22(4,6-2)21(32)27-18-16(23)19(30)29(28-18)17-14(25)9-13(24)10-15(17)26/h9-10,12,16H,5-8,11H2,1-4H3,(H,27,28,32). The smallest absolute Gasteiger partial charge is 0.308 e. The molecule has 0 fully saturated rings. The van der Waals surface area contributed by atoms with E-state index in [1.807, 2.05) is 13.8 Å². The summed E-state index contributed by atoms with van der Waals surface area (Å²) in [6.45, 7) is 7.75. The number of rotatable bonds is 9. The number of esters is 1. The number of alkyl halides is 1. The zero-order valence-corrected chi connectivity index (χ0v) is 22.7. The first kappa shape index (κ1) is 27.9. The number of hydrazone groups is 1. The van der Waals surface area contributed by atoms with Gasteiger partial charge in [-0.15, -0.1) is 5.10 Å². The van der Waals surface area contributed by atoms with Crippen molar-refractivity contribution in [1.82, 2.24) is 5.32 Å². The Morgan fingerprint density at radius 2 is 1.88 bits per heavy atom. The number of benzene rings is 1. The number of amidine groups is 1. The molecule has 7 nitrogen and oxygen atoms in total. The first-order valence-electron chi connectivity index (χ1n) is 10.6. The van der Waals surface area contributed by atoms with Crippen molar-refractivity contribution in [3.8, 4) is 0 Å². The largest absolute Gasteiger partial charge is 0.465 e. The van der Waals surface area contributed by atoms with Gasteiger partial charge >= 0.3 is 5.97 Å². The highest BCUT2D eigenvalue weighted by molar-refractivity contribution is 9.10. The van der Waals surface area contributed by atoms with E-state index in [1.54, 1.807) is 13.8 Å². The first-order chi connectivity index (χ1) is 15.4. The lowest BCUT2D eigenvalue weighted by Gasteiger charge is -2.29. The fourth-order valence-electron chi connectivity index (χ4n) is 3.30. The van der Waals surface area contributed by atoms with E-state index in [4.69, 9.17) is 39.5 Å². The van der Waals surface area contributed by atoms with Gasteiger partial charge in [0.1, 0.15) is 5.69 Å². The van der Waals surface area contributed by atoms with Gasteiger partial charge in [-0.2, -0.15) is 5.01 Å². The number of halogens is 4. The monoisotopic (exact) mass is 581 g/mol. The third kappa shape index (κ3) is 6.62. The Kier molecular flexibility index (Phi) is 10.0. The highest BCUT2D eigenvalue weighted by Gasteiger charge is 2.41. The van der Waals surface area contributed by atoms with Crippen LogP contribution in [0.5, 0.6) is 0 Å². The van der Waals surface area contributed by atoms with Crippen LogP contribution in [0.2, 0.25) is 15.1 Å². The number of nitrogens with one attached hydrogen (secondary N) is 1. The fourth-order valence-corrected chi connectivity index (χ4v) is 4.68. The summed E-state index contributed by atoms with van der Waals surface area (Å²) in [4.78, 5) is 37.4. The average molecular weight is 584 g/mol. The molecule has 0 radical (unpaired) electrons. The molecule has 182 valence electrons. The van der Waals surface area contributed by atoms with Crippen molar-refractivity contribution in [3.63, 3.8) is 0 Å². The lowest BCUT2D eigenvalue weighted by molar-refractivity contribution is -0.149. The zero-order valence-electron chi connectivity index (χ0n) is 18.9. The average Bonchev–Trinajstić information content (AvgIpc) is 3.01. The number of nitrogens with zero attached hydrogens (tertiary/aromatic N) is 2. The topological polar surface area (TPSA) is 88.1 Å². The molecule has 0 saturated heterocycles. The summed E-state index contributed by atoms with van der Waals surface area (Å²) in [5.74, 6) is -1.52. The van der Waals surface area contributed by atoms with Gasteiger partial charge in [0.2, 0.25) is 5.91 Å². The van der Waals surface area contributed by atoms with Crippen LogP contribution in [0.3, 0.4) is 0 Å². The molecule has 0 bridgehead atoms. The second-order valence-electron chi connectivity index (χ2n) is 8.21. The summed E-state index contributed by atoms with van der Waals surface area (Å²) in [6, 6.07) is 2.89. The van der Waals surface area contributed by atoms with E-state index < -0.39 is 22.1 Å². The molecule has 1 aromatic carbocycles. The minimum Gasteiger partial charge on any atom is -0.465 e. The number of amides is 2. The van der Waals surface area contributed by atoms with Crippen LogP contribution < -0.4 is 10.3 Å². The predicted octanol–water partition coefficient (Wildman–Crippen LogP) is 5.97. The number of hydrogen-bond acceptors (Lipinski definition) is 5. The Balaban J connectivity index is 2.19. The molecule has 11 heteroatoms.